The van der Waals surface area contributed by atoms with E-state index in [1.165, 1.54) is 4.90 Å². The van der Waals surface area contributed by atoms with Crippen molar-refractivity contribution < 1.29 is 19.4 Å². The predicted octanol–water partition coefficient (Wildman–Crippen LogP) is 4.03. The Balaban J connectivity index is 1.62. The predicted molar refractivity (Wildman–Crippen MR) is 119 cm³/mol. The van der Waals surface area contributed by atoms with Crippen molar-refractivity contribution in [1.29, 1.82) is 0 Å². The van der Waals surface area contributed by atoms with E-state index in [-0.39, 0.29) is 24.0 Å². The fourth-order valence-electron chi connectivity index (χ4n) is 4.44. The van der Waals surface area contributed by atoms with Crippen molar-refractivity contribution >= 4 is 17.4 Å². The number of carbonyl (C=O) groups excluding carboxylic acids is 2. The van der Waals surface area contributed by atoms with Crippen molar-refractivity contribution in [3.63, 3.8) is 0 Å². The van der Waals surface area contributed by atoms with Gasteiger partial charge in [0.2, 0.25) is 0 Å². The van der Waals surface area contributed by atoms with E-state index >= 15 is 0 Å². The smallest absolute Gasteiger partial charge is 0.295 e. The molecular formula is C26H22N2O4. The summed E-state index contributed by atoms with van der Waals surface area (Å²) >= 11 is 0. The largest absolute Gasteiger partial charge is 0.507 e. The molecule has 6 nitrogen and oxygen atoms in total. The molecule has 2 atom stereocenters. The van der Waals surface area contributed by atoms with Crippen LogP contribution in [-0.4, -0.2) is 32.8 Å². The van der Waals surface area contributed by atoms with Crippen LogP contribution in [0, 0.1) is 0 Å². The minimum atomic E-state index is -0.707. The number of aromatic nitrogens is 1. The van der Waals surface area contributed by atoms with Crippen molar-refractivity contribution in [2.45, 2.75) is 32.0 Å². The molecule has 2 unspecified atom stereocenters. The Labute approximate surface area is 185 Å². The highest BCUT2D eigenvalue weighted by Gasteiger charge is 2.46. The third kappa shape index (κ3) is 3.43. The number of likely N-dealkylation sites (tertiary alicyclic amines) is 1. The Hall–Kier alpha value is -3.93. The minimum absolute atomic E-state index is 0.0654. The summed E-state index contributed by atoms with van der Waals surface area (Å²) in [5, 5.41) is 11.2. The minimum Gasteiger partial charge on any atom is -0.507 e. The maximum Gasteiger partial charge on any atom is 0.295 e. The zero-order valence-electron chi connectivity index (χ0n) is 17.6. The molecule has 0 bridgehead atoms. The second-order valence-electron chi connectivity index (χ2n) is 8.15. The van der Waals surface area contributed by atoms with Crippen LogP contribution >= 0.6 is 0 Å². The number of rotatable bonds is 4. The fourth-order valence-corrected chi connectivity index (χ4v) is 4.44. The molecule has 0 radical (unpaired) electrons. The molecule has 160 valence electrons. The molecular weight excluding hydrogens is 404 g/mol. The average Bonchev–Trinajstić information content (AvgIpc) is 3.31. The molecule has 0 saturated carbocycles. The SMILES string of the molecule is CC1Cc2cc(/C(O)=C3/C(=O)C(=O)N(Cc4ccccc4)C3c3ccncc3)ccc2O1. The highest BCUT2D eigenvalue weighted by Crippen LogP contribution is 2.41. The van der Waals surface area contributed by atoms with Crippen LogP contribution in [0.3, 0.4) is 0 Å². The molecule has 2 aromatic carbocycles. The summed E-state index contributed by atoms with van der Waals surface area (Å²) in [7, 11) is 0. The van der Waals surface area contributed by atoms with E-state index in [9.17, 15) is 14.7 Å². The summed E-state index contributed by atoms with van der Waals surface area (Å²) in [5.41, 5.74) is 3.18. The van der Waals surface area contributed by atoms with Crippen molar-refractivity contribution in [2.24, 2.45) is 0 Å². The fraction of sp³-hybridized carbons (Fsp3) is 0.192. The second-order valence-corrected chi connectivity index (χ2v) is 8.15. The molecule has 6 heteroatoms. The van der Waals surface area contributed by atoms with Gasteiger partial charge in [0.1, 0.15) is 17.6 Å². The number of ether oxygens (including phenoxy) is 1. The van der Waals surface area contributed by atoms with E-state index in [0.717, 1.165) is 28.9 Å². The third-order valence-corrected chi connectivity index (χ3v) is 5.93. The molecule has 0 spiro atoms. The Morgan fingerprint density at radius 2 is 1.84 bits per heavy atom. The van der Waals surface area contributed by atoms with Gasteiger partial charge in [0, 0.05) is 30.9 Å². The maximum atomic E-state index is 13.1. The Morgan fingerprint density at radius 1 is 1.09 bits per heavy atom. The highest BCUT2D eigenvalue weighted by molar-refractivity contribution is 6.46. The van der Waals surface area contributed by atoms with Gasteiger partial charge in [-0.15, -0.1) is 0 Å². The second kappa shape index (κ2) is 7.96. The number of aliphatic hydroxyl groups excluding tert-OH is 1. The summed E-state index contributed by atoms with van der Waals surface area (Å²) < 4.78 is 5.75. The lowest BCUT2D eigenvalue weighted by Crippen LogP contribution is -2.29. The van der Waals surface area contributed by atoms with Gasteiger partial charge in [-0.1, -0.05) is 30.3 Å². The number of amides is 1. The van der Waals surface area contributed by atoms with Crippen molar-refractivity contribution in [2.75, 3.05) is 0 Å². The Bertz CT molecular complexity index is 1220. The number of pyridine rings is 1. The molecule has 1 N–H and O–H groups in total. The number of benzene rings is 2. The first kappa shape index (κ1) is 20.0. The van der Waals surface area contributed by atoms with Gasteiger partial charge in [0.05, 0.1) is 11.6 Å². The summed E-state index contributed by atoms with van der Waals surface area (Å²) in [6, 6.07) is 17.7. The van der Waals surface area contributed by atoms with E-state index in [0.29, 0.717) is 5.56 Å². The number of carbonyl (C=O) groups is 2. The van der Waals surface area contributed by atoms with Gasteiger partial charge in [-0.3, -0.25) is 14.6 Å². The summed E-state index contributed by atoms with van der Waals surface area (Å²) in [6.07, 6.45) is 4.03. The van der Waals surface area contributed by atoms with Gasteiger partial charge in [-0.05, 0) is 53.9 Å². The molecule has 2 aliphatic rings. The first-order valence-corrected chi connectivity index (χ1v) is 10.5. The van der Waals surface area contributed by atoms with Crippen LogP contribution in [0.15, 0.2) is 78.6 Å². The van der Waals surface area contributed by atoms with Gasteiger partial charge in [0.25, 0.3) is 11.7 Å². The van der Waals surface area contributed by atoms with Crippen molar-refractivity contribution in [3.8, 4) is 5.75 Å². The lowest BCUT2D eigenvalue weighted by molar-refractivity contribution is -0.140. The molecule has 1 aromatic heterocycles. The molecule has 0 aliphatic carbocycles. The molecule has 1 saturated heterocycles. The van der Waals surface area contributed by atoms with Crippen LogP contribution in [0.25, 0.3) is 5.76 Å². The molecule has 1 fully saturated rings. The number of hydrogen-bond acceptors (Lipinski definition) is 5. The third-order valence-electron chi connectivity index (χ3n) is 5.93. The van der Waals surface area contributed by atoms with Crippen LogP contribution in [-0.2, 0) is 22.6 Å². The molecule has 5 rings (SSSR count). The van der Waals surface area contributed by atoms with Crippen LogP contribution in [0.1, 0.15) is 35.2 Å². The van der Waals surface area contributed by atoms with Crippen molar-refractivity contribution in [3.05, 3.63) is 101 Å². The summed E-state index contributed by atoms with van der Waals surface area (Å²) in [5.74, 6) is -0.715. The standard InChI is InChI=1S/C26H22N2O4/c1-16-13-20-14-19(7-8-21(20)32-16)24(29)22-23(18-9-11-27-12-10-18)28(26(31)25(22)30)15-17-5-3-2-4-6-17/h2-12,14,16,23,29H,13,15H2,1H3/b24-22-. The Kier molecular flexibility index (Phi) is 4.98. The first-order valence-electron chi connectivity index (χ1n) is 10.5. The van der Waals surface area contributed by atoms with Crippen LogP contribution in [0.5, 0.6) is 5.75 Å². The van der Waals surface area contributed by atoms with Gasteiger partial charge >= 0.3 is 0 Å². The molecule has 3 aromatic rings. The molecule has 32 heavy (non-hydrogen) atoms. The first-order chi connectivity index (χ1) is 15.5. The van der Waals surface area contributed by atoms with E-state index in [4.69, 9.17) is 4.74 Å². The average molecular weight is 426 g/mol. The lowest BCUT2D eigenvalue weighted by Gasteiger charge is -2.25. The van der Waals surface area contributed by atoms with E-state index in [2.05, 4.69) is 4.98 Å². The Morgan fingerprint density at radius 3 is 2.59 bits per heavy atom. The molecule has 1 amide bonds. The van der Waals surface area contributed by atoms with E-state index in [1.807, 2.05) is 43.3 Å². The lowest BCUT2D eigenvalue weighted by atomic mass is 9.95. The topological polar surface area (TPSA) is 79.7 Å². The van der Waals surface area contributed by atoms with Gasteiger partial charge in [0.15, 0.2) is 0 Å². The van der Waals surface area contributed by atoms with Crippen LogP contribution < -0.4 is 4.74 Å². The van der Waals surface area contributed by atoms with E-state index in [1.54, 1.807) is 36.7 Å². The number of hydrogen-bond donors (Lipinski definition) is 1. The normalized spacial score (nSPS) is 21.5. The van der Waals surface area contributed by atoms with Gasteiger partial charge < -0.3 is 14.7 Å². The number of nitrogens with zero attached hydrogens (tertiary/aromatic N) is 2. The van der Waals surface area contributed by atoms with Crippen LogP contribution in [0.2, 0.25) is 0 Å². The van der Waals surface area contributed by atoms with E-state index < -0.39 is 17.7 Å². The quantitative estimate of drug-likeness (QED) is 0.387. The highest BCUT2D eigenvalue weighted by atomic mass is 16.5. The zero-order valence-corrected chi connectivity index (χ0v) is 17.6. The zero-order chi connectivity index (χ0) is 22.2. The number of fused-ring (bicyclic) bond motifs is 1. The number of Topliss-reactive ketones (excluding diaryl/α,β-unsaturated/α-hetero) is 1. The molecule has 3 heterocycles. The van der Waals surface area contributed by atoms with Gasteiger partial charge in [-0.2, -0.15) is 0 Å². The summed E-state index contributed by atoms with van der Waals surface area (Å²) in [4.78, 5) is 31.8. The summed E-state index contributed by atoms with van der Waals surface area (Å²) in [6.45, 7) is 2.24. The van der Waals surface area contributed by atoms with Crippen LogP contribution in [0.4, 0.5) is 0 Å². The van der Waals surface area contributed by atoms with Crippen molar-refractivity contribution in [1.82, 2.24) is 9.88 Å². The number of ketones is 1. The van der Waals surface area contributed by atoms with Gasteiger partial charge in [-0.25, -0.2) is 0 Å². The monoisotopic (exact) mass is 426 g/mol. The number of aliphatic hydroxyl groups is 1. The maximum absolute atomic E-state index is 13.1. The molecule has 2 aliphatic heterocycles.